The van der Waals surface area contributed by atoms with Gasteiger partial charge in [-0.15, -0.1) is 5.92 Å². The molecule has 35 heavy (non-hydrogen) atoms. The normalized spacial score (nSPS) is 13.3. The summed E-state index contributed by atoms with van der Waals surface area (Å²) >= 11 is 0. The fraction of sp³-hybridized carbons (Fsp3) is 0.259. The van der Waals surface area contributed by atoms with Crippen molar-refractivity contribution < 1.29 is 0 Å². The van der Waals surface area contributed by atoms with Gasteiger partial charge in [-0.2, -0.15) is 10.4 Å². The van der Waals surface area contributed by atoms with Crippen molar-refractivity contribution in [3.8, 4) is 29.2 Å². The zero-order valence-corrected chi connectivity index (χ0v) is 19.5. The summed E-state index contributed by atoms with van der Waals surface area (Å²) in [5.41, 5.74) is 3.56. The third-order valence-corrected chi connectivity index (χ3v) is 6.15. The van der Waals surface area contributed by atoms with Crippen LogP contribution in [-0.4, -0.2) is 45.5 Å². The number of piperazine rings is 1. The van der Waals surface area contributed by atoms with E-state index in [1.54, 1.807) is 13.0 Å². The molecule has 0 amide bonds. The van der Waals surface area contributed by atoms with Crippen LogP contribution in [0.15, 0.2) is 59.4 Å². The molecule has 4 aromatic rings. The molecule has 1 fully saturated rings. The third kappa shape index (κ3) is 4.28. The molecule has 8 nitrogen and oxygen atoms in total. The van der Waals surface area contributed by atoms with Gasteiger partial charge in [0.15, 0.2) is 0 Å². The van der Waals surface area contributed by atoms with E-state index in [0.29, 0.717) is 28.8 Å². The first-order valence-corrected chi connectivity index (χ1v) is 11.6. The maximum atomic E-state index is 13.9. The highest BCUT2D eigenvalue weighted by atomic mass is 16.1. The number of nitriles is 1. The van der Waals surface area contributed by atoms with Crippen LogP contribution in [0.3, 0.4) is 0 Å². The van der Waals surface area contributed by atoms with Crippen LogP contribution < -0.4 is 15.8 Å². The molecule has 3 heterocycles. The van der Waals surface area contributed by atoms with Gasteiger partial charge in [0, 0.05) is 31.7 Å². The summed E-state index contributed by atoms with van der Waals surface area (Å²) in [6.45, 7) is 5.61. The SMILES string of the molecule is CC#CCn1c(N2CCNCC2)nc2c(-c3ccccc3)nn(Cc3ccccc3C#N)c(=O)c21. The Balaban J connectivity index is 1.78. The molecule has 0 bridgehead atoms. The fourth-order valence-electron chi connectivity index (χ4n) is 4.40. The molecule has 0 unspecified atom stereocenters. The molecule has 1 N–H and O–H groups in total. The number of rotatable bonds is 5. The summed E-state index contributed by atoms with van der Waals surface area (Å²) in [4.78, 5) is 21.0. The number of anilines is 1. The standard InChI is InChI=1S/C27H25N7O/c1-2-3-15-33-25-24(30-27(33)32-16-13-29-14-17-32)23(20-9-5-4-6-10-20)31-34(26(25)35)19-22-12-8-7-11-21(22)18-28/h4-12,29H,13-17,19H2,1H3. The predicted octanol–water partition coefficient (Wildman–Crippen LogP) is 2.61. The second-order valence-electron chi connectivity index (χ2n) is 8.31. The Bertz CT molecular complexity index is 1530. The number of fused-ring (bicyclic) bond motifs is 1. The topological polar surface area (TPSA) is 91.8 Å². The highest BCUT2D eigenvalue weighted by Crippen LogP contribution is 2.28. The average molecular weight is 464 g/mol. The number of nitrogens with one attached hydrogen (secondary N) is 1. The maximum absolute atomic E-state index is 13.9. The Morgan fingerprint density at radius 1 is 1.06 bits per heavy atom. The van der Waals surface area contributed by atoms with Gasteiger partial charge in [-0.3, -0.25) is 9.36 Å². The van der Waals surface area contributed by atoms with Crippen molar-refractivity contribution in [2.24, 2.45) is 0 Å². The zero-order valence-electron chi connectivity index (χ0n) is 19.5. The molecule has 1 aliphatic rings. The Kier molecular flexibility index (Phi) is 6.30. The Morgan fingerprint density at radius 2 is 1.80 bits per heavy atom. The van der Waals surface area contributed by atoms with E-state index < -0.39 is 0 Å². The van der Waals surface area contributed by atoms with Crippen LogP contribution in [0, 0.1) is 23.2 Å². The van der Waals surface area contributed by atoms with Gasteiger partial charge in [-0.05, 0) is 18.6 Å². The Hall–Kier alpha value is -4.40. The van der Waals surface area contributed by atoms with Gasteiger partial charge in [0.05, 0.1) is 24.7 Å². The van der Waals surface area contributed by atoms with E-state index in [1.807, 2.05) is 53.1 Å². The van der Waals surface area contributed by atoms with Crippen LogP contribution >= 0.6 is 0 Å². The molecule has 0 spiro atoms. The fourth-order valence-corrected chi connectivity index (χ4v) is 4.40. The molecule has 0 aliphatic carbocycles. The van der Waals surface area contributed by atoms with Crippen LogP contribution in [0.5, 0.6) is 0 Å². The van der Waals surface area contributed by atoms with Gasteiger partial charge in [-0.1, -0.05) is 54.5 Å². The summed E-state index contributed by atoms with van der Waals surface area (Å²) in [5, 5.41) is 17.7. The summed E-state index contributed by atoms with van der Waals surface area (Å²) in [6, 6.07) is 19.3. The minimum absolute atomic E-state index is 0.186. The first-order chi connectivity index (χ1) is 17.2. The molecular weight excluding hydrogens is 438 g/mol. The lowest BCUT2D eigenvalue weighted by molar-refractivity contribution is 0.572. The van der Waals surface area contributed by atoms with E-state index in [2.05, 4.69) is 28.1 Å². The zero-order chi connectivity index (χ0) is 24.2. The lowest BCUT2D eigenvalue weighted by Crippen LogP contribution is -2.44. The molecule has 2 aromatic carbocycles. The highest BCUT2D eigenvalue weighted by Gasteiger charge is 2.25. The quantitative estimate of drug-likeness (QED) is 0.458. The number of benzene rings is 2. The van der Waals surface area contributed by atoms with Gasteiger partial charge in [0.2, 0.25) is 5.95 Å². The van der Waals surface area contributed by atoms with Crippen molar-refractivity contribution in [2.75, 3.05) is 31.1 Å². The molecule has 8 heteroatoms. The molecular formula is C27H25N7O. The minimum Gasteiger partial charge on any atom is -0.340 e. The number of hydrogen-bond acceptors (Lipinski definition) is 6. The molecule has 0 atom stereocenters. The highest BCUT2D eigenvalue weighted by molar-refractivity contribution is 5.91. The molecule has 174 valence electrons. The summed E-state index contributed by atoms with van der Waals surface area (Å²) in [5.74, 6) is 6.79. The van der Waals surface area contributed by atoms with Crippen LogP contribution in [0.25, 0.3) is 22.3 Å². The van der Waals surface area contributed by atoms with Crippen molar-refractivity contribution in [1.29, 1.82) is 5.26 Å². The first-order valence-electron chi connectivity index (χ1n) is 11.6. The van der Waals surface area contributed by atoms with Gasteiger partial charge in [0.25, 0.3) is 5.56 Å². The lowest BCUT2D eigenvalue weighted by Gasteiger charge is -2.28. The Morgan fingerprint density at radius 3 is 2.54 bits per heavy atom. The van der Waals surface area contributed by atoms with E-state index in [1.165, 1.54) is 4.68 Å². The van der Waals surface area contributed by atoms with E-state index in [0.717, 1.165) is 43.3 Å². The van der Waals surface area contributed by atoms with Gasteiger partial charge in [0.1, 0.15) is 16.7 Å². The smallest absolute Gasteiger partial charge is 0.293 e. The summed E-state index contributed by atoms with van der Waals surface area (Å²) < 4.78 is 3.36. The van der Waals surface area contributed by atoms with Crippen molar-refractivity contribution in [1.82, 2.24) is 24.6 Å². The number of hydrogen-bond donors (Lipinski definition) is 1. The van der Waals surface area contributed by atoms with Crippen LogP contribution in [0.4, 0.5) is 5.95 Å². The Labute approximate surface area is 203 Å². The van der Waals surface area contributed by atoms with Gasteiger partial charge < -0.3 is 10.2 Å². The lowest BCUT2D eigenvalue weighted by atomic mass is 10.1. The minimum atomic E-state index is -0.251. The summed E-state index contributed by atoms with van der Waals surface area (Å²) in [6.07, 6.45) is 0. The monoisotopic (exact) mass is 463 g/mol. The summed E-state index contributed by atoms with van der Waals surface area (Å²) in [7, 11) is 0. The maximum Gasteiger partial charge on any atom is 0.293 e. The first kappa shape index (κ1) is 22.4. The van der Waals surface area contributed by atoms with E-state index in [9.17, 15) is 10.1 Å². The van der Waals surface area contributed by atoms with Crippen molar-refractivity contribution in [3.63, 3.8) is 0 Å². The van der Waals surface area contributed by atoms with Gasteiger partial charge in [-0.25, -0.2) is 9.67 Å². The number of nitrogens with zero attached hydrogens (tertiary/aromatic N) is 6. The molecule has 0 saturated carbocycles. The number of aromatic nitrogens is 4. The van der Waals surface area contributed by atoms with E-state index in [-0.39, 0.29) is 12.1 Å². The van der Waals surface area contributed by atoms with Crippen molar-refractivity contribution in [2.45, 2.75) is 20.0 Å². The average Bonchev–Trinajstić information content (AvgIpc) is 3.30. The van der Waals surface area contributed by atoms with E-state index in [4.69, 9.17) is 10.1 Å². The molecule has 0 radical (unpaired) electrons. The van der Waals surface area contributed by atoms with Crippen LogP contribution in [0.2, 0.25) is 0 Å². The molecule has 1 aliphatic heterocycles. The third-order valence-electron chi connectivity index (χ3n) is 6.15. The second-order valence-corrected chi connectivity index (χ2v) is 8.31. The number of imidazole rings is 1. The van der Waals surface area contributed by atoms with Crippen molar-refractivity contribution in [3.05, 3.63) is 76.1 Å². The van der Waals surface area contributed by atoms with Crippen LogP contribution in [0.1, 0.15) is 18.1 Å². The van der Waals surface area contributed by atoms with E-state index >= 15 is 0 Å². The largest absolute Gasteiger partial charge is 0.340 e. The molecule has 2 aromatic heterocycles. The van der Waals surface area contributed by atoms with Gasteiger partial charge >= 0.3 is 0 Å². The molecule has 1 saturated heterocycles. The van der Waals surface area contributed by atoms with Crippen molar-refractivity contribution >= 4 is 17.0 Å². The molecule has 5 rings (SSSR count). The second kappa shape index (κ2) is 9.84. The predicted molar refractivity (Wildman–Crippen MR) is 136 cm³/mol. The van der Waals surface area contributed by atoms with Crippen LogP contribution in [-0.2, 0) is 13.1 Å².